The summed E-state index contributed by atoms with van der Waals surface area (Å²) in [5.74, 6) is -0.405. The van der Waals surface area contributed by atoms with Crippen LogP contribution in [0.15, 0.2) is 30.3 Å². The topological polar surface area (TPSA) is 55.8 Å². The summed E-state index contributed by atoms with van der Waals surface area (Å²) in [4.78, 5) is 11.0. The van der Waals surface area contributed by atoms with E-state index < -0.39 is 12.1 Å². The Balaban J connectivity index is 2.25. The van der Waals surface area contributed by atoms with E-state index in [9.17, 15) is 9.90 Å². The van der Waals surface area contributed by atoms with E-state index >= 15 is 0 Å². The zero-order chi connectivity index (χ0) is 13.4. The summed E-state index contributed by atoms with van der Waals surface area (Å²) in [6, 6.07) is 9.83. The zero-order valence-corrected chi connectivity index (χ0v) is 10.8. The third-order valence-corrected chi connectivity index (χ3v) is 2.61. The van der Waals surface area contributed by atoms with Crippen molar-refractivity contribution in [2.45, 2.75) is 38.6 Å². The van der Waals surface area contributed by atoms with Crippen LogP contribution in [-0.4, -0.2) is 30.4 Å². The van der Waals surface area contributed by atoms with Crippen molar-refractivity contribution in [1.29, 1.82) is 0 Å². The van der Waals surface area contributed by atoms with E-state index in [0.29, 0.717) is 13.0 Å². The molecule has 18 heavy (non-hydrogen) atoms. The second kappa shape index (κ2) is 7.84. The molecule has 0 unspecified atom stereocenters. The summed E-state index contributed by atoms with van der Waals surface area (Å²) in [6.07, 6.45) is -0.398. The highest BCUT2D eigenvalue weighted by molar-refractivity contribution is 5.69. The fourth-order valence-corrected chi connectivity index (χ4v) is 1.62. The molecule has 2 atom stereocenters. The van der Waals surface area contributed by atoms with Gasteiger partial charge in [-0.3, -0.25) is 4.79 Å². The van der Waals surface area contributed by atoms with Crippen LogP contribution >= 0.6 is 0 Å². The minimum absolute atomic E-state index is 0.00946. The van der Waals surface area contributed by atoms with Gasteiger partial charge in [-0.05, 0) is 18.9 Å². The Hall–Kier alpha value is -1.39. The SMILES string of the molecule is COC(=O)C[C@@H](O)C[C@@H](C)OCc1ccccc1. The Bertz CT molecular complexity index is 350. The minimum atomic E-state index is -0.719. The molecule has 4 nitrogen and oxygen atoms in total. The largest absolute Gasteiger partial charge is 0.469 e. The first-order valence-electron chi connectivity index (χ1n) is 6.02. The average molecular weight is 252 g/mol. The summed E-state index contributed by atoms with van der Waals surface area (Å²) in [7, 11) is 1.31. The predicted molar refractivity (Wildman–Crippen MR) is 67.9 cm³/mol. The highest BCUT2D eigenvalue weighted by atomic mass is 16.5. The molecule has 0 spiro atoms. The van der Waals surface area contributed by atoms with Crippen molar-refractivity contribution in [2.24, 2.45) is 0 Å². The zero-order valence-electron chi connectivity index (χ0n) is 10.8. The molecule has 0 saturated carbocycles. The first kappa shape index (κ1) is 14.7. The number of aliphatic hydroxyl groups excluding tert-OH is 1. The van der Waals surface area contributed by atoms with Crippen molar-refractivity contribution in [3.05, 3.63) is 35.9 Å². The molecule has 0 heterocycles. The molecule has 0 bridgehead atoms. The first-order chi connectivity index (χ1) is 8.61. The number of carbonyl (C=O) groups excluding carboxylic acids is 1. The van der Waals surface area contributed by atoms with Crippen molar-refractivity contribution in [1.82, 2.24) is 0 Å². The minimum Gasteiger partial charge on any atom is -0.469 e. The van der Waals surface area contributed by atoms with Crippen LogP contribution in [-0.2, 0) is 20.9 Å². The molecule has 0 aliphatic carbocycles. The van der Waals surface area contributed by atoms with Crippen molar-refractivity contribution in [2.75, 3.05) is 7.11 Å². The van der Waals surface area contributed by atoms with Gasteiger partial charge in [-0.25, -0.2) is 0 Å². The molecule has 1 aromatic rings. The standard InChI is InChI=1S/C14H20O4/c1-11(8-13(15)9-14(16)17-2)18-10-12-6-4-3-5-7-12/h3-7,11,13,15H,8-10H2,1-2H3/t11-,13+/m1/s1. The summed E-state index contributed by atoms with van der Waals surface area (Å²) in [5.41, 5.74) is 1.09. The molecule has 1 rings (SSSR count). The number of benzene rings is 1. The van der Waals surface area contributed by atoms with Gasteiger partial charge in [-0.1, -0.05) is 30.3 Å². The van der Waals surface area contributed by atoms with E-state index in [1.807, 2.05) is 37.3 Å². The molecule has 1 N–H and O–H groups in total. The van der Waals surface area contributed by atoms with Gasteiger partial charge in [0.15, 0.2) is 0 Å². The number of rotatable bonds is 7. The van der Waals surface area contributed by atoms with E-state index in [4.69, 9.17) is 4.74 Å². The smallest absolute Gasteiger partial charge is 0.308 e. The van der Waals surface area contributed by atoms with Gasteiger partial charge in [0.05, 0.1) is 32.3 Å². The normalized spacial score (nSPS) is 13.9. The Labute approximate surface area is 108 Å². The van der Waals surface area contributed by atoms with Crippen LogP contribution in [0.2, 0.25) is 0 Å². The molecule has 0 fully saturated rings. The van der Waals surface area contributed by atoms with Gasteiger partial charge in [-0.15, -0.1) is 0 Å². The second-order valence-electron chi connectivity index (χ2n) is 4.28. The van der Waals surface area contributed by atoms with Crippen LogP contribution in [0.1, 0.15) is 25.3 Å². The van der Waals surface area contributed by atoms with E-state index in [1.165, 1.54) is 7.11 Å². The number of aliphatic hydroxyl groups is 1. The number of esters is 1. The van der Waals surface area contributed by atoms with Crippen LogP contribution in [0.5, 0.6) is 0 Å². The monoisotopic (exact) mass is 252 g/mol. The quantitative estimate of drug-likeness (QED) is 0.753. The fraction of sp³-hybridized carbons (Fsp3) is 0.500. The number of methoxy groups -OCH3 is 1. The van der Waals surface area contributed by atoms with Gasteiger partial charge in [-0.2, -0.15) is 0 Å². The molecular formula is C14H20O4. The third kappa shape index (κ3) is 5.80. The van der Waals surface area contributed by atoms with Gasteiger partial charge in [0, 0.05) is 0 Å². The maximum Gasteiger partial charge on any atom is 0.308 e. The molecule has 0 saturated heterocycles. The fourth-order valence-electron chi connectivity index (χ4n) is 1.62. The highest BCUT2D eigenvalue weighted by Crippen LogP contribution is 2.09. The van der Waals surface area contributed by atoms with E-state index in [-0.39, 0.29) is 12.5 Å². The average Bonchev–Trinajstić information content (AvgIpc) is 2.37. The Kier molecular flexibility index (Phi) is 6.39. The second-order valence-corrected chi connectivity index (χ2v) is 4.28. The van der Waals surface area contributed by atoms with Crippen LogP contribution < -0.4 is 0 Å². The summed E-state index contributed by atoms with van der Waals surface area (Å²) in [5, 5.41) is 9.64. The molecule has 0 amide bonds. The lowest BCUT2D eigenvalue weighted by Gasteiger charge is -2.16. The lowest BCUT2D eigenvalue weighted by molar-refractivity contribution is -0.143. The number of carbonyl (C=O) groups is 1. The molecular weight excluding hydrogens is 232 g/mol. The van der Waals surface area contributed by atoms with Gasteiger partial charge < -0.3 is 14.6 Å². The van der Waals surface area contributed by atoms with Crippen LogP contribution in [0.3, 0.4) is 0 Å². The summed E-state index contributed by atoms with van der Waals surface area (Å²) in [6.45, 7) is 2.39. The molecule has 0 aromatic heterocycles. The maximum absolute atomic E-state index is 11.0. The Morgan fingerprint density at radius 3 is 2.61 bits per heavy atom. The van der Waals surface area contributed by atoms with E-state index in [1.54, 1.807) is 0 Å². The lowest BCUT2D eigenvalue weighted by atomic mass is 10.1. The third-order valence-electron chi connectivity index (χ3n) is 2.61. The molecule has 1 aromatic carbocycles. The number of ether oxygens (including phenoxy) is 2. The lowest BCUT2D eigenvalue weighted by Crippen LogP contribution is -2.21. The van der Waals surface area contributed by atoms with Gasteiger partial charge in [0.2, 0.25) is 0 Å². The van der Waals surface area contributed by atoms with Crippen LogP contribution in [0, 0.1) is 0 Å². The summed E-state index contributed by atoms with van der Waals surface area (Å²) < 4.78 is 10.1. The van der Waals surface area contributed by atoms with E-state index in [0.717, 1.165) is 5.56 Å². The van der Waals surface area contributed by atoms with Crippen molar-refractivity contribution >= 4 is 5.97 Å². The molecule has 100 valence electrons. The van der Waals surface area contributed by atoms with Crippen LogP contribution in [0.4, 0.5) is 0 Å². The number of hydrogen-bond acceptors (Lipinski definition) is 4. The highest BCUT2D eigenvalue weighted by Gasteiger charge is 2.15. The van der Waals surface area contributed by atoms with Crippen LogP contribution in [0.25, 0.3) is 0 Å². The van der Waals surface area contributed by atoms with Crippen molar-refractivity contribution < 1.29 is 19.4 Å². The molecule has 0 aliphatic heterocycles. The summed E-state index contributed by atoms with van der Waals surface area (Å²) >= 11 is 0. The predicted octanol–water partition coefficient (Wildman–Crippen LogP) is 1.91. The number of hydrogen-bond donors (Lipinski definition) is 1. The molecule has 4 heteroatoms. The first-order valence-corrected chi connectivity index (χ1v) is 6.02. The van der Waals surface area contributed by atoms with Crippen molar-refractivity contribution in [3.8, 4) is 0 Å². The van der Waals surface area contributed by atoms with Crippen molar-refractivity contribution in [3.63, 3.8) is 0 Å². The Morgan fingerprint density at radius 1 is 1.33 bits per heavy atom. The van der Waals surface area contributed by atoms with Gasteiger partial charge in [0.1, 0.15) is 0 Å². The Morgan fingerprint density at radius 2 is 2.00 bits per heavy atom. The molecule has 0 aliphatic rings. The van der Waals surface area contributed by atoms with E-state index in [2.05, 4.69) is 4.74 Å². The van der Waals surface area contributed by atoms with Gasteiger partial charge >= 0.3 is 5.97 Å². The molecule has 0 radical (unpaired) electrons. The van der Waals surface area contributed by atoms with Gasteiger partial charge in [0.25, 0.3) is 0 Å². The maximum atomic E-state index is 11.0.